The Bertz CT molecular complexity index is 1130. The molecule has 1 amide bonds. The zero-order chi connectivity index (χ0) is 23.6. The molecule has 0 radical (unpaired) electrons. The molecule has 32 heavy (non-hydrogen) atoms. The van der Waals surface area contributed by atoms with E-state index in [1.165, 1.54) is 35.5 Å². The zero-order valence-electron chi connectivity index (χ0n) is 18.3. The average molecular weight is 473 g/mol. The number of anilines is 1. The highest BCUT2D eigenvalue weighted by Crippen LogP contribution is 2.44. The second-order valence-electron chi connectivity index (χ2n) is 8.68. The number of methoxy groups -OCH3 is 1. The maximum absolute atomic E-state index is 12.6. The number of benzene rings is 1. The van der Waals surface area contributed by atoms with Gasteiger partial charge in [0.2, 0.25) is 0 Å². The van der Waals surface area contributed by atoms with Crippen LogP contribution in [0.1, 0.15) is 53.6 Å². The van der Waals surface area contributed by atoms with E-state index >= 15 is 0 Å². The van der Waals surface area contributed by atoms with Gasteiger partial charge in [-0.05, 0) is 60.5 Å². The number of thiophene rings is 1. The van der Waals surface area contributed by atoms with E-state index in [0.717, 1.165) is 30.9 Å². The highest BCUT2D eigenvalue weighted by atomic mass is 32.1. The lowest BCUT2D eigenvalue weighted by Crippen LogP contribution is -2.34. The number of rotatable bonds is 4. The van der Waals surface area contributed by atoms with Gasteiger partial charge in [0, 0.05) is 16.5 Å². The molecule has 0 spiro atoms. The number of nitrogens with one attached hydrogen (secondary N) is 2. The SMILES string of the molecule is COc1ccc(C(=O)NC(=S)Nc2sc3c(c2C#N)CC[C@@H](C(C)(C)C)C3)cc1[N+](=O)[O-]. The summed E-state index contributed by atoms with van der Waals surface area (Å²) in [6.45, 7) is 6.69. The standard InChI is InChI=1S/C22H24N4O4S2/c1-22(2,3)13-6-7-14-15(11-23)20(32-18(14)10-13)25-21(31)24-19(27)12-5-8-17(30-4)16(9-12)26(28)29/h5,8-9,13H,6-7,10H2,1-4H3,(H2,24,25,27,31)/t13-/m1/s1. The van der Waals surface area contributed by atoms with Gasteiger partial charge in [-0.1, -0.05) is 20.8 Å². The number of nitrogens with zero attached hydrogens (tertiary/aromatic N) is 2. The molecule has 2 N–H and O–H groups in total. The van der Waals surface area contributed by atoms with Crippen molar-refractivity contribution in [1.29, 1.82) is 5.26 Å². The fraction of sp³-hybridized carbons (Fsp3) is 0.409. The minimum Gasteiger partial charge on any atom is -0.490 e. The first-order valence-electron chi connectivity index (χ1n) is 10.0. The van der Waals surface area contributed by atoms with Crippen molar-refractivity contribution >= 4 is 45.3 Å². The molecule has 0 saturated carbocycles. The van der Waals surface area contributed by atoms with Gasteiger partial charge in [-0.15, -0.1) is 11.3 Å². The summed E-state index contributed by atoms with van der Waals surface area (Å²) in [6, 6.07) is 6.17. The van der Waals surface area contributed by atoms with Crippen LogP contribution in [0.3, 0.4) is 0 Å². The van der Waals surface area contributed by atoms with E-state index in [4.69, 9.17) is 17.0 Å². The van der Waals surface area contributed by atoms with Gasteiger partial charge in [-0.2, -0.15) is 5.26 Å². The van der Waals surface area contributed by atoms with Crippen LogP contribution in [0, 0.1) is 32.8 Å². The molecule has 2 aromatic rings. The quantitative estimate of drug-likeness (QED) is 0.372. The van der Waals surface area contributed by atoms with E-state index in [2.05, 4.69) is 37.5 Å². The zero-order valence-corrected chi connectivity index (χ0v) is 19.9. The summed E-state index contributed by atoms with van der Waals surface area (Å²) in [5.41, 5.74) is 1.56. The third-order valence-electron chi connectivity index (χ3n) is 5.69. The maximum atomic E-state index is 12.6. The number of thiocarbonyl (C=S) groups is 1. The van der Waals surface area contributed by atoms with Crippen LogP contribution in [0.5, 0.6) is 5.75 Å². The van der Waals surface area contributed by atoms with Crippen LogP contribution in [0.2, 0.25) is 0 Å². The Morgan fingerprint density at radius 3 is 2.72 bits per heavy atom. The lowest BCUT2D eigenvalue weighted by molar-refractivity contribution is -0.385. The van der Waals surface area contributed by atoms with Crippen molar-refractivity contribution in [2.24, 2.45) is 11.3 Å². The van der Waals surface area contributed by atoms with Gasteiger partial charge in [0.15, 0.2) is 10.9 Å². The van der Waals surface area contributed by atoms with E-state index in [1.807, 2.05) is 0 Å². The monoisotopic (exact) mass is 472 g/mol. The lowest BCUT2D eigenvalue weighted by Gasteiger charge is -2.33. The number of nitro benzene ring substituents is 1. The van der Waals surface area contributed by atoms with Crippen molar-refractivity contribution in [2.75, 3.05) is 12.4 Å². The molecule has 0 bridgehead atoms. The van der Waals surface area contributed by atoms with Gasteiger partial charge in [0.05, 0.1) is 17.6 Å². The van der Waals surface area contributed by atoms with Crippen LogP contribution < -0.4 is 15.4 Å². The summed E-state index contributed by atoms with van der Waals surface area (Å²) in [5.74, 6) is -0.00456. The largest absolute Gasteiger partial charge is 0.490 e. The Morgan fingerprint density at radius 1 is 1.41 bits per heavy atom. The minimum absolute atomic E-state index is 0.0240. The molecule has 1 heterocycles. The first kappa shape index (κ1) is 23.6. The number of hydrogen-bond acceptors (Lipinski definition) is 7. The van der Waals surface area contributed by atoms with Gasteiger partial charge >= 0.3 is 5.69 Å². The van der Waals surface area contributed by atoms with Crippen LogP contribution in [-0.2, 0) is 12.8 Å². The highest BCUT2D eigenvalue weighted by molar-refractivity contribution is 7.80. The van der Waals surface area contributed by atoms with E-state index in [-0.39, 0.29) is 27.5 Å². The van der Waals surface area contributed by atoms with Crippen LogP contribution >= 0.6 is 23.6 Å². The predicted octanol–water partition coefficient (Wildman–Crippen LogP) is 4.81. The first-order valence-corrected chi connectivity index (χ1v) is 11.3. The van der Waals surface area contributed by atoms with Crippen molar-refractivity contribution in [3.05, 3.63) is 49.9 Å². The third kappa shape index (κ3) is 4.89. The minimum atomic E-state index is -0.619. The second kappa shape index (κ2) is 9.22. The highest BCUT2D eigenvalue weighted by Gasteiger charge is 2.32. The van der Waals surface area contributed by atoms with E-state index in [0.29, 0.717) is 16.5 Å². The molecule has 3 rings (SSSR count). The van der Waals surface area contributed by atoms with Gasteiger partial charge in [0.25, 0.3) is 5.91 Å². The van der Waals surface area contributed by atoms with E-state index in [1.54, 1.807) is 0 Å². The molecule has 1 aliphatic rings. The normalized spacial score (nSPS) is 15.3. The Kier molecular flexibility index (Phi) is 6.81. The molecule has 0 unspecified atom stereocenters. The number of amides is 1. The molecule has 1 aliphatic carbocycles. The van der Waals surface area contributed by atoms with Gasteiger partial charge in [0.1, 0.15) is 11.1 Å². The van der Waals surface area contributed by atoms with E-state index < -0.39 is 10.8 Å². The summed E-state index contributed by atoms with van der Waals surface area (Å²) < 4.78 is 4.95. The molecule has 8 nitrogen and oxygen atoms in total. The first-order chi connectivity index (χ1) is 15.0. The van der Waals surface area contributed by atoms with Crippen molar-refractivity contribution in [3.8, 4) is 11.8 Å². The third-order valence-corrected chi connectivity index (χ3v) is 7.07. The summed E-state index contributed by atoms with van der Waals surface area (Å²) in [6.07, 6.45) is 2.78. The molecule has 0 aliphatic heterocycles. The number of carbonyl (C=O) groups excluding carboxylic acids is 1. The number of ether oxygens (including phenoxy) is 1. The molecule has 1 aromatic carbocycles. The Hall–Kier alpha value is -3.03. The predicted molar refractivity (Wildman–Crippen MR) is 127 cm³/mol. The fourth-order valence-electron chi connectivity index (χ4n) is 3.82. The van der Waals surface area contributed by atoms with Crippen LogP contribution in [-0.4, -0.2) is 23.1 Å². The number of fused-ring (bicyclic) bond motifs is 1. The molecular weight excluding hydrogens is 448 g/mol. The van der Waals surface area contributed by atoms with Gasteiger partial charge in [-0.3, -0.25) is 20.2 Å². The molecule has 0 fully saturated rings. The fourth-order valence-corrected chi connectivity index (χ4v) is 5.36. The second-order valence-corrected chi connectivity index (χ2v) is 10.2. The van der Waals surface area contributed by atoms with Gasteiger partial charge < -0.3 is 10.1 Å². The molecular formula is C22H24N4O4S2. The molecule has 1 aromatic heterocycles. The number of nitriles is 1. The maximum Gasteiger partial charge on any atom is 0.311 e. The summed E-state index contributed by atoms with van der Waals surface area (Å²) in [7, 11) is 1.32. The molecule has 1 atom stereocenters. The Labute approximate surface area is 195 Å². The van der Waals surface area contributed by atoms with Crippen molar-refractivity contribution in [3.63, 3.8) is 0 Å². The van der Waals surface area contributed by atoms with Crippen molar-refractivity contribution < 1.29 is 14.5 Å². The van der Waals surface area contributed by atoms with E-state index in [9.17, 15) is 20.2 Å². The molecule has 168 valence electrons. The number of hydrogen-bond donors (Lipinski definition) is 2. The average Bonchev–Trinajstić information content (AvgIpc) is 3.08. The Morgan fingerprint density at radius 2 is 2.12 bits per heavy atom. The topological polar surface area (TPSA) is 117 Å². The summed E-state index contributed by atoms with van der Waals surface area (Å²) in [5, 5.41) is 27.0. The summed E-state index contributed by atoms with van der Waals surface area (Å²) in [4.78, 5) is 24.3. The van der Waals surface area contributed by atoms with Crippen LogP contribution in [0.25, 0.3) is 0 Å². The smallest absolute Gasteiger partial charge is 0.311 e. The van der Waals surface area contributed by atoms with Crippen LogP contribution in [0.15, 0.2) is 18.2 Å². The van der Waals surface area contributed by atoms with Crippen molar-refractivity contribution in [2.45, 2.75) is 40.0 Å². The van der Waals surface area contributed by atoms with Crippen LogP contribution in [0.4, 0.5) is 10.7 Å². The van der Waals surface area contributed by atoms with Gasteiger partial charge in [-0.25, -0.2) is 0 Å². The molecule has 10 heteroatoms. The number of nitro groups is 1. The summed E-state index contributed by atoms with van der Waals surface area (Å²) >= 11 is 6.76. The van der Waals surface area contributed by atoms with Crippen molar-refractivity contribution in [1.82, 2.24) is 5.32 Å². The Balaban J connectivity index is 1.75. The number of carbonyl (C=O) groups is 1. The molecule has 0 saturated heterocycles. The lowest BCUT2D eigenvalue weighted by atomic mass is 9.72.